The molecule has 34 heavy (non-hydrogen) atoms. The van der Waals surface area contributed by atoms with Gasteiger partial charge in [-0.25, -0.2) is 19.2 Å². The van der Waals surface area contributed by atoms with Crippen LogP contribution in [0.3, 0.4) is 0 Å². The van der Waals surface area contributed by atoms with Crippen molar-refractivity contribution >= 4 is 23.9 Å². The van der Waals surface area contributed by atoms with E-state index in [2.05, 4.69) is 26.3 Å². The molecule has 0 aliphatic rings. The Kier molecular flexibility index (Phi) is 17.4. The zero-order valence-electron chi connectivity index (χ0n) is 19.3. The van der Waals surface area contributed by atoms with Crippen molar-refractivity contribution in [1.29, 1.82) is 0 Å². The second-order valence-corrected chi connectivity index (χ2v) is 6.35. The zero-order valence-corrected chi connectivity index (χ0v) is 19.3. The van der Waals surface area contributed by atoms with E-state index in [0.29, 0.717) is 6.61 Å². The highest BCUT2D eigenvalue weighted by Gasteiger charge is 2.21. The Balaban J connectivity index is 4.94. The van der Waals surface area contributed by atoms with Gasteiger partial charge in [0.05, 0.1) is 26.4 Å². The van der Waals surface area contributed by atoms with Crippen LogP contribution in [0, 0.1) is 0 Å². The van der Waals surface area contributed by atoms with Gasteiger partial charge in [-0.05, 0) is 6.92 Å². The molecule has 0 fully saturated rings. The minimum absolute atomic E-state index is 0.00782. The van der Waals surface area contributed by atoms with Crippen LogP contribution in [-0.2, 0) is 52.3 Å². The third-order valence-electron chi connectivity index (χ3n) is 3.69. The molecule has 0 saturated heterocycles. The number of hydrogen-bond donors (Lipinski definition) is 0. The first-order chi connectivity index (χ1) is 16.3. The van der Waals surface area contributed by atoms with Crippen LogP contribution in [-0.4, -0.2) is 88.4 Å². The standard InChI is InChI=1S/C23H32O11/c1-6-20(24)31-15-18(33-22(26)8-3)13-29-12-17(11-28-10-5)30-14-19(34-23(27)9-4)16-32-21(25)7-2/h6-9,17-19H,1-4,10-16H2,5H3. The molecule has 0 aliphatic carbocycles. The van der Waals surface area contributed by atoms with E-state index in [4.69, 9.17) is 33.2 Å². The molecule has 0 aromatic carbocycles. The summed E-state index contributed by atoms with van der Waals surface area (Å²) in [7, 11) is 0. The molecule has 11 heteroatoms. The van der Waals surface area contributed by atoms with E-state index in [1.165, 1.54) is 0 Å². The maximum absolute atomic E-state index is 11.5. The molecule has 0 spiro atoms. The molecule has 190 valence electrons. The zero-order chi connectivity index (χ0) is 25.8. The van der Waals surface area contributed by atoms with Gasteiger partial charge in [0.25, 0.3) is 0 Å². The summed E-state index contributed by atoms with van der Waals surface area (Å²) in [5.41, 5.74) is 0. The van der Waals surface area contributed by atoms with E-state index < -0.39 is 42.2 Å². The molecule has 0 bridgehead atoms. The number of carbonyl (C=O) groups excluding carboxylic acids is 4. The molecule has 0 aromatic rings. The monoisotopic (exact) mass is 484 g/mol. The van der Waals surface area contributed by atoms with Gasteiger partial charge in [-0.3, -0.25) is 0 Å². The van der Waals surface area contributed by atoms with E-state index >= 15 is 0 Å². The highest BCUT2D eigenvalue weighted by molar-refractivity contribution is 5.82. The van der Waals surface area contributed by atoms with E-state index in [-0.39, 0.29) is 39.6 Å². The lowest BCUT2D eigenvalue weighted by atomic mass is 10.3. The quantitative estimate of drug-likeness (QED) is 0.140. The highest BCUT2D eigenvalue weighted by Crippen LogP contribution is 2.05. The lowest BCUT2D eigenvalue weighted by Gasteiger charge is -2.23. The van der Waals surface area contributed by atoms with Gasteiger partial charge < -0.3 is 33.2 Å². The fourth-order valence-corrected chi connectivity index (χ4v) is 2.09. The van der Waals surface area contributed by atoms with Crippen LogP contribution in [0.15, 0.2) is 50.6 Å². The molecule has 0 amide bonds. The second kappa shape index (κ2) is 19.2. The molecule has 0 rings (SSSR count). The van der Waals surface area contributed by atoms with Gasteiger partial charge in [-0.15, -0.1) is 0 Å². The fourth-order valence-electron chi connectivity index (χ4n) is 2.09. The summed E-state index contributed by atoms with van der Waals surface area (Å²) in [5, 5.41) is 0. The van der Waals surface area contributed by atoms with E-state index in [9.17, 15) is 19.2 Å². The Morgan fingerprint density at radius 2 is 1.00 bits per heavy atom. The van der Waals surface area contributed by atoms with Gasteiger partial charge in [0, 0.05) is 30.9 Å². The Hall–Kier alpha value is -3.28. The van der Waals surface area contributed by atoms with Crippen LogP contribution in [0.1, 0.15) is 6.92 Å². The van der Waals surface area contributed by atoms with Crippen molar-refractivity contribution in [2.75, 3.05) is 46.2 Å². The maximum atomic E-state index is 11.5. The van der Waals surface area contributed by atoms with Crippen LogP contribution in [0.5, 0.6) is 0 Å². The van der Waals surface area contributed by atoms with E-state index in [1.807, 2.05) is 0 Å². The molecule has 11 nitrogen and oxygen atoms in total. The Morgan fingerprint density at radius 3 is 1.44 bits per heavy atom. The van der Waals surface area contributed by atoms with Crippen molar-refractivity contribution in [3.8, 4) is 0 Å². The SMILES string of the molecule is C=CC(=O)OCC(COCC(COCC)OCC(COC(=O)C=C)OC(=O)C=C)OC(=O)C=C. The molecular formula is C23H32O11. The van der Waals surface area contributed by atoms with Crippen molar-refractivity contribution in [2.24, 2.45) is 0 Å². The Morgan fingerprint density at radius 1 is 0.588 bits per heavy atom. The topological polar surface area (TPSA) is 133 Å². The van der Waals surface area contributed by atoms with Crippen LogP contribution in [0.2, 0.25) is 0 Å². The van der Waals surface area contributed by atoms with Crippen LogP contribution >= 0.6 is 0 Å². The van der Waals surface area contributed by atoms with Crippen molar-refractivity contribution < 1.29 is 52.3 Å². The normalized spacial score (nSPS) is 12.9. The summed E-state index contributed by atoms with van der Waals surface area (Å²) >= 11 is 0. The molecule has 0 radical (unpaired) electrons. The summed E-state index contributed by atoms with van der Waals surface area (Å²) in [6.07, 6.45) is 1.44. The lowest BCUT2D eigenvalue weighted by Crippen LogP contribution is -2.35. The van der Waals surface area contributed by atoms with E-state index in [0.717, 1.165) is 24.3 Å². The molecule has 0 aromatic heterocycles. The average molecular weight is 484 g/mol. The molecule has 0 saturated carbocycles. The Labute approximate surface area is 198 Å². The summed E-state index contributed by atoms with van der Waals surface area (Å²) < 4.78 is 36.7. The van der Waals surface area contributed by atoms with Crippen LogP contribution < -0.4 is 0 Å². The molecular weight excluding hydrogens is 452 g/mol. The number of rotatable bonds is 20. The number of ether oxygens (including phenoxy) is 7. The summed E-state index contributed by atoms with van der Waals surface area (Å²) in [4.78, 5) is 45.6. The highest BCUT2D eigenvalue weighted by atomic mass is 16.6. The summed E-state index contributed by atoms with van der Waals surface area (Å²) in [5.74, 6) is -2.81. The maximum Gasteiger partial charge on any atom is 0.330 e. The van der Waals surface area contributed by atoms with Crippen molar-refractivity contribution in [2.45, 2.75) is 25.2 Å². The fraction of sp³-hybridized carbons (Fsp3) is 0.478. The first-order valence-electron chi connectivity index (χ1n) is 10.3. The largest absolute Gasteiger partial charge is 0.458 e. The van der Waals surface area contributed by atoms with Gasteiger partial charge >= 0.3 is 23.9 Å². The number of hydrogen-bond acceptors (Lipinski definition) is 11. The van der Waals surface area contributed by atoms with Crippen molar-refractivity contribution in [3.05, 3.63) is 50.6 Å². The molecule has 0 aliphatic heterocycles. The van der Waals surface area contributed by atoms with Crippen molar-refractivity contribution in [3.63, 3.8) is 0 Å². The smallest absolute Gasteiger partial charge is 0.330 e. The first-order valence-corrected chi connectivity index (χ1v) is 10.3. The van der Waals surface area contributed by atoms with Gasteiger partial charge in [-0.1, -0.05) is 26.3 Å². The third-order valence-corrected chi connectivity index (χ3v) is 3.69. The second-order valence-electron chi connectivity index (χ2n) is 6.35. The number of carbonyl (C=O) groups is 4. The van der Waals surface area contributed by atoms with Crippen LogP contribution in [0.25, 0.3) is 0 Å². The van der Waals surface area contributed by atoms with E-state index in [1.54, 1.807) is 6.92 Å². The molecule has 3 unspecified atom stereocenters. The van der Waals surface area contributed by atoms with Gasteiger partial charge in [-0.2, -0.15) is 0 Å². The summed E-state index contributed by atoms with van der Waals surface area (Å²) in [6.45, 7) is 14.7. The van der Waals surface area contributed by atoms with Gasteiger partial charge in [0.2, 0.25) is 0 Å². The minimum atomic E-state index is -0.918. The van der Waals surface area contributed by atoms with Gasteiger partial charge in [0.15, 0.2) is 12.2 Å². The predicted octanol–water partition coefficient (Wildman–Crippen LogP) is 1.08. The molecule has 0 heterocycles. The van der Waals surface area contributed by atoms with Crippen molar-refractivity contribution in [1.82, 2.24) is 0 Å². The summed E-state index contributed by atoms with van der Waals surface area (Å²) in [6, 6.07) is 0. The lowest BCUT2D eigenvalue weighted by molar-refractivity contribution is -0.163. The minimum Gasteiger partial charge on any atom is -0.458 e. The van der Waals surface area contributed by atoms with Crippen LogP contribution in [0.4, 0.5) is 0 Å². The first kappa shape index (κ1) is 30.7. The molecule has 0 N–H and O–H groups in total. The number of esters is 4. The Bertz CT molecular complexity index is 701. The molecule has 3 atom stereocenters. The predicted molar refractivity (Wildman–Crippen MR) is 120 cm³/mol. The third kappa shape index (κ3) is 15.5. The van der Waals surface area contributed by atoms with Gasteiger partial charge in [0.1, 0.15) is 19.3 Å². The average Bonchev–Trinajstić information content (AvgIpc) is 2.85.